The van der Waals surface area contributed by atoms with Gasteiger partial charge in [0.15, 0.2) is 0 Å². The van der Waals surface area contributed by atoms with Crippen LogP contribution in [0.3, 0.4) is 0 Å². The van der Waals surface area contributed by atoms with Gasteiger partial charge in [-0.05, 0) is 18.2 Å². The fraction of sp³-hybridized carbons (Fsp3) is 0.571. The monoisotopic (exact) mass is 269 g/mol. The van der Waals surface area contributed by atoms with Crippen molar-refractivity contribution in [1.29, 1.82) is 0 Å². The summed E-state index contributed by atoms with van der Waals surface area (Å²) in [5.41, 5.74) is 6.95. The third-order valence-electron chi connectivity index (χ3n) is 2.50. The third-order valence-corrected chi connectivity index (χ3v) is 3.57. The first-order valence-corrected chi connectivity index (χ1v) is 7.27. The Bertz CT molecular complexity index is 367. The highest BCUT2D eigenvalue weighted by molar-refractivity contribution is 7.99. The van der Waals surface area contributed by atoms with E-state index in [4.69, 9.17) is 15.2 Å². The summed E-state index contributed by atoms with van der Waals surface area (Å²) in [5, 5.41) is 0.631. The number of methoxy groups -OCH3 is 1. The predicted molar refractivity (Wildman–Crippen MR) is 78.7 cm³/mol. The molecule has 0 saturated carbocycles. The number of thioether (sulfide) groups is 1. The minimum Gasteiger partial charge on any atom is -0.497 e. The van der Waals surface area contributed by atoms with Gasteiger partial charge < -0.3 is 15.2 Å². The second-order valence-corrected chi connectivity index (χ2v) is 6.14. The molecule has 2 N–H and O–H groups in total. The predicted octanol–water partition coefficient (Wildman–Crippen LogP) is 3.24. The van der Waals surface area contributed by atoms with Crippen LogP contribution >= 0.6 is 11.8 Å². The molecule has 0 bridgehead atoms. The van der Waals surface area contributed by atoms with Gasteiger partial charge in [-0.1, -0.05) is 19.9 Å². The Morgan fingerprint density at radius 1 is 1.28 bits per heavy atom. The van der Waals surface area contributed by atoms with E-state index in [0.29, 0.717) is 11.9 Å². The van der Waals surface area contributed by atoms with Crippen LogP contribution in [0.25, 0.3) is 0 Å². The Balaban J connectivity index is 2.66. The van der Waals surface area contributed by atoms with Gasteiger partial charge in [0.2, 0.25) is 0 Å². The number of nitrogens with two attached hydrogens (primary N) is 1. The highest BCUT2D eigenvalue weighted by Crippen LogP contribution is 2.28. The van der Waals surface area contributed by atoms with Crippen LogP contribution in [0.5, 0.6) is 11.5 Å². The molecule has 1 rings (SSSR count). The van der Waals surface area contributed by atoms with Crippen LogP contribution < -0.4 is 15.2 Å². The summed E-state index contributed by atoms with van der Waals surface area (Å²) in [6.45, 7) is 7.01. The Hall–Kier alpha value is -0.870. The average Bonchev–Trinajstić information content (AvgIpc) is 2.33. The molecule has 18 heavy (non-hydrogen) atoms. The average molecular weight is 269 g/mol. The molecule has 1 atom stereocenters. The lowest BCUT2D eigenvalue weighted by molar-refractivity contribution is 0.334. The minimum atomic E-state index is -0.0383. The molecule has 0 fully saturated rings. The molecule has 0 heterocycles. The normalized spacial score (nSPS) is 12.6. The van der Waals surface area contributed by atoms with E-state index in [1.807, 2.05) is 36.9 Å². The fourth-order valence-corrected chi connectivity index (χ4v) is 2.23. The van der Waals surface area contributed by atoms with Crippen molar-refractivity contribution in [3.8, 4) is 11.5 Å². The van der Waals surface area contributed by atoms with Gasteiger partial charge in [-0.3, -0.25) is 0 Å². The van der Waals surface area contributed by atoms with E-state index in [-0.39, 0.29) is 6.04 Å². The van der Waals surface area contributed by atoms with Crippen LogP contribution in [-0.4, -0.2) is 24.7 Å². The quantitative estimate of drug-likeness (QED) is 0.772. The molecule has 1 aromatic carbocycles. The maximum absolute atomic E-state index is 5.93. The number of hydrogen-bond donors (Lipinski definition) is 1. The van der Waals surface area contributed by atoms with E-state index >= 15 is 0 Å². The van der Waals surface area contributed by atoms with Crippen LogP contribution in [-0.2, 0) is 0 Å². The summed E-state index contributed by atoms with van der Waals surface area (Å²) < 4.78 is 11.0. The molecule has 0 aliphatic rings. The number of ether oxygens (including phenoxy) is 2. The minimum absolute atomic E-state index is 0.0383. The summed E-state index contributed by atoms with van der Waals surface area (Å²) in [5.74, 6) is 2.60. The Morgan fingerprint density at radius 2 is 2.00 bits per heavy atom. The zero-order chi connectivity index (χ0) is 13.5. The van der Waals surface area contributed by atoms with Crippen molar-refractivity contribution >= 4 is 11.8 Å². The van der Waals surface area contributed by atoms with Crippen LogP contribution in [0.1, 0.15) is 32.4 Å². The number of hydrogen-bond acceptors (Lipinski definition) is 4. The molecule has 0 saturated heterocycles. The second-order valence-electron chi connectivity index (χ2n) is 4.46. The van der Waals surface area contributed by atoms with E-state index in [0.717, 1.165) is 22.8 Å². The van der Waals surface area contributed by atoms with E-state index in [2.05, 4.69) is 13.8 Å². The highest BCUT2D eigenvalue weighted by Gasteiger charge is 2.09. The summed E-state index contributed by atoms with van der Waals surface area (Å²) in [7, 11) is 1.65. The van der Waals surface area contributed by atoms with Crippen LogP contribution in [0.15, 0.2) is 18.2 Å². The summed E-state index contributed by atoms with van der Waals surface area (Å²) in [6.07, 6.45) is 0. The van der Waals surface area contributed by atoms with Gasteiger partial charge >= 0.3 is 0 Å². The van der Waals surface area contributed by atoms with Crippen molar-refractivity contribution in [2.45, 2.75) is 32.1 Å². The lowest BCUT2D eigenvalue weighted by atomic mass is 10.1. The lowest BCUT2D eigenvalue weighted by Crippen LogP contribution is -2.10. The van der Waals surface area contributed by atoms with Crippen molar-refractivity contribution in [3.63, 3.8) is 0 Å². The van der Waals surface area contributed by atoms with Gasteiger partial charge in [0.05, 0.1) is 13.7 Å². The topological polar surface area (TPSA) is 44.5 Å². The van der Waals surface area contributed by atoms with Crippen LogP contribution in [0, 0.1) is 0 Å². The van der Waals surface area contributed by atoms with Crippen molar-refractivity contribution in [3.05, 3.63) is 23.8 Å². The molecular formula is C14H23NO2S. The molecule has 102 valence electrons. The fourth-order valence-electron chi connectivity index (χ4n) is 1.58. The van der Waals surface area contributed by atoms with Gasteiger partial charge in [-0.15, -0.1) is 0 Å². The van der Waals surface area contributed by atoms with Crippen molar-refractivity contribution in [2.24, 2.45) is 5.73 Å². The first-order chi connectivity index (χ1) is 8.54. The van der Waals surface area contributed by atoms with Gasteiger partial charge in [-0.2, -0.15) is 11.8 Å². The summed E-state index contributed by atoms with van der Waals surface area (Å²) >= 11 is 1.89. The van der Waals surface area contributed by atoms with Crippen molar-refractivity contribution in [1.82, 2.24) is 0 Å². The zero-order valence-electron chi connectivity index (χ0n) is 11.6. The van der Waals surface area contributed by atoms with E-state index in [1.54, 1.807) is 7.11 Å². The van der Waals surface area contributed by atoms with E-state index in [1.165, 1.54) is 0 Å². The zero-order valence-corrected chi connectivity index (χ0v) is 12.4. The first-order valence-electron chi connectivity index (χ1n) is 6.22. The molecule has 0 aromatic heterocycles. The van der Waals surface area contributed by atoms with Gasteiger partial charge in [0.25, 0.3) is 0 Å². The second kappa shape index (κ2) is 7.54. The molecular weight excluding hydrogens is 246 g/mol. The molecule has 0 spiro atoms. The van der Waals surface area contributed by atoms with Gasteiger partial charge in [0, 0.05) is 23.4 Å². The van der Waals surface area contributed by atoms with Gasteiger partial charge in [-0.25, -0.2) is 0 Å². The molecule has 0 aliphatic heterocycles. The summed E-state index contributed by atoms with van der Waals surface area (Å²) in [4.78, 5) is 0. The molecule has 1 aromatic rings. The largest absolute Gasteiger partial charge is 0.497 e. The number of rotatable bonds is 7. The van der Waals surface area contributed by atoms with Gasteiger partial charge in [0.1, 0.15) is 11.5 Å². The summed E-state index contributed by atoms with van der Waals surface area (Å²) in [6, 6.07) is 5.74. The molecule has 0 unspecified atom stereocenters. The van der Waals surface area contributed by atoms with Crippen LogP contribution in [0.2, 0.25) is 0 Å². The molecule has 0 aliphatic carbocycles. The van der Waals surface area contributed by atoms with E-state index < -0.39 is 0 Å². The first kappa shape index (κ1) is 15.2. The maximum atomic E-state index is 5.93. The highest BCUT2D eigenvalue weighted by atomic mass is 32.2. The molecule has 3 nitrogen and oxygen atoms in total. The van der Waals surface area contributed by atoms with Crippen molar-refractivity contribution in [2.75, 3.05) is 19.5 Å². The van der Waals surface area contributed by atoms with E-state index in [9.17, 15) is 0 Å². The molecule has 0 amide bonds. The van der Waals surface area contributed by atoms with Crippen LogP contribution in [0.4, 0.5) is 0 Å². The molecule has 0 radical (unpaired) electrons. The third kappa shape index (κ3) is 4.78. The lowest BCUT2D eigenvalue weighted by Gasteiger charge is -2.15. The maximum Gasteiger partial charge on any atom is 0.127 e. The smallest absolute Gasteiger partial charge is 0.127 e. The Morgan fingerprint density at radius 3 is 2.56 bits per heavy atom. The number of benzene rings is 1. The van der Waals surface area contributed by atoms with Crippen molar-refractivity contribution < 1.29 is 9.47 Å². The SMILES string of the molecule is COc1ccc([C@@H](C)N)c(OCCSC(C)C)c1. The Labute approximate surface area is 114 Å². The molecule has 4 heteroatoms. The Kier molecular flexibility index (Phi) is 6.36. The standard InChI is InChI=1S/C14H23NO2S/c1-10(2)18-8-7-17-14-9-12(16-4)5-6-13(14)11(3)15/h5-6,9-11H,7-8,15H2,1-4H3/t11-/m1/s1.